The molecule has 0 aliphatic rings. The van der Waals surface area contributed by atoms with Crippen molar-refractivity contribution in [3.05, 3.63) is 12.7 Å². The SMILES string of the molecule is C=CCSC(=S)OCC(CC)CCCC. The number of thiocarbonyl (C=S) groups is 1. The molecule has 1 atom stereocenters. The van der Waals surface area contributed by atoms with Gasteiger partial charge in [0.1, 0.15) is 0 Å². The van der Waals surface area contributed by atoms with E-state index >= 15 is 0 Å². The molecule has 0 saturated heterocycles. The van der Waals surface area contributed by atoms with Crippen LogP contribution in [0.2, 0.25) is 0 Å². The molecular weight excluding hydrogens is 224 g/mol. The van der Waals surface area contributed by atoms with Crippen LogP contribution in [0.3, 0.4) is 0 Å². The first-order valence-electron chi connectivity index (χ1n) is 5.65. The molecule has 0 N–H and O–H groups in total. The molecule has 1 unspecified atom stereocenters. The summed E-state index contributed by atoms with van der Waals surface area (Å²) in [5.74, 6) is 1.50. The number of unbranched alkanes of at least 4 members (excludes halogenated alkanes) is 1. The molecule has 0 aliphatic carbocycles. The third-order valence-corrected chi connectivity index (χ3v) is 3.53. The topological polar surface area (TPSA) is 9.23 Å². The summed E-state index contributed by atoms with van der Waals surface area (Å²) >= 11 is 6.64. The van der Waals surface area contributed by atoms with Crippen LogP contribution in [0.4, 0.5) is 0 Å². The lowest BCUT2D eigenvalue weighted by Gasteiger charge is -2.15. The number of rotatable bonds is 8. The zero-order valence-electron chi connectivity index (χ0n) is 9.83. The van der Waals surface area contributed by atoms with Crippen LogP contribution in [0.5, 0.6) is 0 Å². The van der Waals surface area contributed by atoms with Gasteiger partial charge in [0.05, 0.1) is 6.61 Å². The fourth-order valence-corrected chi connectivity index (χ4v) is 1.93. The quantitative estimate of drug-likeness (QED) is 0.463. The Morgan fingerprint density at radius 2 is 2.27 bits per heavy atom. The molecule has 0 aliphatic heterocycles. The summed E-state index contributed by atoms with van der Waals surface area (Å²) in [5.41, 5.74) is 0. The minimum absolute atomic E-state index is 0.657. The van der Waals surface area contributed by atoms with Crippen molar-refractivity contribution in [1.82, 2.24) is 0 Å². The summed E-state index contributed by atoms with van der Waals surface area (Å²) in [6.07, 6.45) is 6.81. The molecule has 0 saturated carbocycles. The van der Waals surface area contributed by atoms with Gasteiger partial charge >= 0.3 is 0 Å². The fourth-order valence-electron chi connectivity index (χ4n) is 1.25. The predicted octanol–water partition coefficient (Wildman–Crippen LogP) is 4.42. The zero-order chi connectivity index (χ0) is 11.5. The first-order valence-corrected chi connectivity index (χ1v) is 7.04. The molecule has 3 heteroatoms. The molecular formula is C12H22OS2. The van der Waals surface area contributed by atoms with E-state index in [-0.39, 0.29) is 0 Å². The van der Waals surface area contributed by atoms with Gasteiger partial charge in [-0.2, -0.15) is 0 Å². The normalized spacial score (nSPS) is 12.1. The molecule has 0 radical (unpaired) electrons. The maximum absolute atomic E-state index is 5.54. The van der Waals surface area contributed by atoms with Gasteiger partial charge < -0.3 is 4.74 Å². The van der Waals surface area contributed by atoms with Crippen molar-refractivity contribution < 1.29 is 4.74 Å². The third-order valence-electron chi connectivity index (χ3n) is 2.30. The van der Waals surface area contributed by atoms with Crippen molar-refractivity contribution in [3.8, 4) is 0 Å². The summed E-state index contributed by atoms with van der Waals surface area (Å²) in [4.78, 5) is 0. The van der Waals surface area contributed by atoms with Gasteiger partial charge in [0, 0.05) is 5.75 Å². The fraction of sp³-hybridized carbons (Fsp3) is 0.750. The van der Waals surface area contributed by atoms with Crippen LogP contribution in [0.1, 0.15) is 39.5 Å². The van der Waals surface area contributed by atoms with Crippen molar-refractivity contribution in [3.63, 3.8) is 0 Å². The zero-order valence-corrected chi connectivity index (χ0v) is 11.5. The summed E-state index contributed by atoms with van der Waals surface area (Å²) in [5, 5.41) is 0. The highest BCUT2D eigenvalue weighted by molar-refractivity contribution is 8.22. The van der Waals surface area contributed by atoms with E-state index in [0.29, 0.717) is 10.3 Å². The number of hydrogen-bond donors (Lipinski definition) is 0. The van der Waals surface area contributed by atoms with E-state index in [2.05, 4.69) is 20.4 Å². The monoisotopic (exact) mass is 246 g/mol. The lowest BCUT2D eigenvalue weighted by molar-refractivity contribution is 0.233. The molecule has 0 fully saturated rings. The Bertz CT molecular complexity index is 180. The summed E-state index contributed by atoms with van der Waals surface area (Å²) in [6, 6.07) is 0. The maximum Gasteiger partial charge on any atom is 0.220 e. The van der Waals surface area contributed by atoms with E-state index in [1.165, 1.54) is 25.7 Å². The second-order valence-corrected chi connectivity index (χ2v) is 5.20. The molecule has 15 heavy (non-hydrogen) atoms. The van der Waals surface area contributed by atoms with E-state index in [4.69, 9.17) is 17.0 Å². The molecule has 88 valence electrons. The van der Waals surface area contributed by atoms with Crippen LogP contribution in [0.15, 0.2) is 12.7 Å². The van der Waals surface area contributed by atoms with Gasteiger partial charge in [-0.05, 0) is 24.6 Å². The second-order valence-electron chi connectivity index (χ2n) is 3.58. The first-order chi connectivity index (χ1) is 7.24. The highest BCUT2D eigenvalue weighted by Gasteiger charge is 2.07. The Labute approximate surface area is 104 Å². The number of hydrogen-bond acceptors (Lipinski definition) is 3. The van der Waals surface area contributed by atoms with E-state index < -0.39 is 0 Å². The lowest BCUT2D eigenvalue weighted by atomic mass is 10.0. The number of thioether (sulfide) groups is 1. The molecule has 0 rings (SSSR count). The predicted molar refractivity (Wildman–Crippen MR) is 74.5 cm³/mol. The van der Waals surface area contributed by atoms with Gasteiger partial charge in [0.15, 0.2) is 0 Å². The molecule has 1 nitrogen and oxygen atoms in total. The van der Waals surface area contributed by atoms with E-state index in [9.17, 15) is 0 Å². The minimum atomic E-state index is 0.657. The van der Waals surface area contributed by atoms with Crippen molar-refractivity contribution in [1.29, 1.82) is 0 Å². The van der Waals surface area contributed by atoms with Gasteiger partial charge in [-0.15, -0.1) is 6.58 Å². The Hall–Kier alpha value is -0.0200. The average molecular weight is 246 g/mol. The molecule has 0 aromatic heterocycles. The van der Waals surface area contributed by atoms with Crippen LogP contribution >= 0.6 is 24.0 Å². The van der Waals surface area contributed by atoms with E-state index in [1.54, 1.807) is 11.8 Å². The summed E-state index contributed by atoms with van der Waals surface area (Å²) < 4.78 is 6.20. The van der Waals surface area contributed by atoms with Gasteiger partial charge in [-0.25, -0.2) is 0 Å². The second kappa shape index (κ2) is 10.5. The smallest absolute Gasteiger partial charge is 0.220 e. The number of ether oxygens (including phenoxy) is 1. The summed E-state index contributed by atoms with van der Waals surface area (Å²) in [6.45, 7) is 8.86. The van der Waals surface area contributed by atoms with Gasteiger partial charge in [0.2, 0.25) is 4.38 Å². The maximum atomic E-state index is 5.54. The molecule has 0 aromatic carbocycles. The molecule has 0 bridgehead atoms. The highest BCUT2D eigenvalue weighted by Crippen LogP contribution is 2.15. The van der Waals surface area contributed by atoms with Crippen LogP contribution in [-0.2, 0) is 4.74 Å². The lowest BCUT2D eigenvalue weighted by Crippen LogP contribution is -2.11. The Morgan fingerprint density at radius 1 is 1.53 bits per heavy atom. The van der Waals surface area contributed by atoms with Crippen molar-refractivity contribution >= 4 is 28.4 Å². The van der Waals surface area contributed by atoms with Crippen LogP contribution in [0.25, 0.3) is 0 Å². The van der Waals surface area contributed by atoms with Crippen LogP contribution in [0, 0.1) is 5.92 Å². The standard InChI is InChI=1S/C12H22OS2/c1-4-7-8-11(6-3)10-13-12(14)15-9-5-2/h5,11H,2,4,6-10H2,1,3H3. The average Bonchev–Trinajstić information content (AvgIpc) is 2.26. The molecule has 0 heterocycles. The Morgan fingerprint density at radius 3 is 2.80 bits per heavy atom. The summed E-state index contributed by atoms with van der Waals surface area (Å²) in [7, 11) is 0. The van der Waals surface area contributed by atoms with Crippen molar-refractivity contribution in [2.75, 3.05) is 12.4 Å². The van der Waals surface area contributed by atoms with Crippen molar-refractivity contribution in [2.45, 2.75) is 39.5 Å². The minimum Gasteiger partial charge on any atom is -0.478 e. The van der Waals surface area contributed by atoms with E-state index in [1.807, 2.05) is 6.08 Å². The Balaban J connectivity index is 3.59. The van der Waals surface area contributed by atoms with Crippen molar-refractivity contribution in [2.24, 2.45) is 5.92 Å². The first kappa shape index (κ1) is 15.0. The van der Waals surface area contributed by atoms with E-state index in [0.717, 1.165) is 12.4 Å². The largest absolute Gasteiger partial charge is 0.478 e. The highest BCUT2D eigenvalue weighted by atomic mass is 32.2. The Kier molecular flexibility index (Phi) is 10.5. The molecule has 0 amide bonds. The van der Waals surface area contributed by atoms with Crippen LogP contribution in [-0.4, -0.2) is 16.7 Å². The van der Waals surface area contributed by atoms with Gasteiger partial charge in [-0.1, -0.05) is 50.9 Å². The molecule has 0 spiro atoms. The van der Waals surface area contributed by atoms with Gasteiger partial charge in [0.25, 0.3) is 0 Å². The van der Waals surface area contributed by atoms with Gasteiger partial charge in [-0.3, -0.25) is 0 Å². The third kappa shape index (κ3) is 8.94. The van der Waals surface area contributed by atoms with Crippen LogP contribution < -0.4 is 0 Å². The molecule has 0 aromatic rings.